The molecule has 1 aromatic rings. The van der Waals surface area contributed by atoms with E-state index in [0.29, 0.717) is 5.92 Å². The molecule has 1 N–H and O–H groups in total. The standard InChI is InChI=1S/C14H17NO/c1-8-6-9(2)13-11(7-8)12(14(16)15-13)10-4-3-5-10/h6-7,10,12H,3-5H2,1-2H3,(H,15,16). The molecule has 3 rings (SSSR count). The number of aryl methyl sites for hydroxylation is 2. The average Bonchev–Trinajstić information content (AvgIpc) is 2.43. The number of carbonyl (C=O) groups excluding carboxylic acids is 1. The fourth-order valence-corrected chi connectivity index (χ4v) is 3.00. The lowest BCUT2D eigenvalue weighted by atomic mass is 9.73. The van der Waals surface area contributed by atoms with E-state index in [4.69, 9.17) is 0 Å². The Labute approximate surface area is 96.1 Å². The third kappa shape index (κ3) is 1.29. The second kappa shape index (κ2) is 3.34. The zero-order chi connectivity index (χ0) is 11.3. The molecule has 1 aliphatic carbocycles. The van der Waals surface area contributed by atoms with Crippen LogP contribution in [0.15, 0.2) is 12.1 Å². The number of hydrogen-bond acceptors (Lipinski definition) is 1. The van der Waals surface area contributed by atoms with E-state index in [2.05, 4.69) is 31.3 Å². The summed E-state index contributed by atoms with van der Waals surface area (Å²) in [5.74, 6) is 0.929. The molecule has 1 aromatic carbocycles. The molecule has 0 aromatic heterocycles. The summed E-state index contributed by atoms with van der Waals surface area (Å²) >= 11 is 0. The van der Waals surface area contributed by atoms with Crippen LogP contribution in [0.2, 0.25) is 0 Å². The molecule has 1 fully saturated rings. The molecule has 2 aliphatic rings. The van der Waals surface area contributed by atoms with Gasteiger partial charge in [-0.3, -0.25) is 4.79 Å². The van der Waals surface area contributed by atoms with Crippen LogP contribution in [0.3, 0.4) is 0 Å². The third-order valence-corrected chi connectivity index (χ3v) is 4.00. The van der Waals surface area contributed by atoms with E-state index >= 15 is 0 Å². The number of fused-ring (bicyclic) bond motifs is 1. The second-order valence-electron chi connectivity index (χ2n) is 5.20. The fraction of sp³-hybridized carbons (Fsp3) is 0.500. The lowest BCUT2D eigenvalue weighted by Gasteiger charge is -2.30. The maximum absolute atomic E-state index is 12.0. The van der Waals surface area contributed by atoms with Gasteiger partial charge in [0.1, 0.15) is 0 Å². The van der Waals surface area contributed by atoms with Crippen molar-refractivity contribution in [1.82, 2.24) is 0 Å². The first kappa shape index (κ1) is 9.88. The zero-order valence-corrected chi connectivity index (χ0v) is 9.84. The molecule has 0 saturated heterocycles. The molecule has 1 amide bonds. The van der Waals surface area contributed by atoms with Crippen LogP contribution >= 0.6 is 0 Å². The summed E-state index contributed by atoms with van der Waals surface area (Å²) < 4.78 is 0. The van der Waals surface area contributed by atoms with Crippen LogP contribution in [0.25, 0.3) is 0 Å². The molecule has 16 heavy (non-hydrogen) atoms. The van der Waals surface area contributed by atoms with Gasteiger partial charge in [0, 0.05) is 5.69 Å². The minimum atomic E-state index is 0.127. The molecule has 1 saturated carbocycles. The van der Waals surface area contributed by atoms with Gasteiger partial charge in [-0.2, -0.15) is 0 Å². The van der Waals surface area contributed by atoms with Crippen molar-refractivity contribution in [3.05, 3.63) is 28.8 Å². The highest BCUT2D eigenvalue weighted by Crippen LogP contribution is 2.46. The van der Waals surface area contributed by atoms with Crippen LogP contribution in [-0.4, -0.2) is 5.91 Å². The van der Waals surface area contributed by atoms with Crippen LogP contribution in [0, 0.1) is 19.8 Å². The van der Waals surface area contributed by atoms with Crippen molar-refractivity contribution in [3.8, 4) is 0 Å². The van der Waals surface area contributed by atoms with Gasteiger partial charge in [0.05, 0.1) is 5.92 Å². The summed E-state index contributed by atoms with van der Waals surface area (Å²) in [4.78, 5) is 12.0. The number of rotatable bonds is 1. The monoisotopic (exact) mass is 215 g/mol. The Morgan fingerprint density at radius 2 is 2.00 bits per heavy atom. The van der Waals surface area contributed by atoms with Gasteiger partial charge in [0.15, 0.2) is 0 Å². The Kier molecular flexibility index (Phi) is 2.06. The Hall–Kier alpha value is -1.31. The van der Waals surface area contributed by atoms with E-state index < -0.39 is 0 Å². The van der Waals surface area contributed by atoms with Crippen molar-refractivity contribution in [2.75, 3.05) is 5.32 Å². The first-order valence-corrected chi connectivity index (χ1v) is 6.09. The van der Waals surface area contributed by atoms with Crippen LogP contribution in [-0.2, 0) is 4.79 Å². The predicted molar refractivity (Wildman–Crippen MR) is 64.6 cm³/mol. The van der Waals surface area contributed by atoms with E-state index in [0.717, 1.165) is 5.69 Å². The molecule has 1 unspecified atom stereocenters. The van der Waals surface area contributed by atoms with Gasteiger partial charge < -0.3 is 5.32 Å². The SMILES string of the molecule is Cc1cc(C)c2c(c1)C(C1CCC1)C(=O)N2. The van der Waals surface area contributed by atoms with Crippen molar-refractivity contribution in [3.63, 3.8) is 0 Å². The number of anilines is 1. The van der Waals surface area contributed by atoms with Gasteiger partial charge in [0.25, 0.3) is 0 Å². The normalized spacial score (nSPS) is 23.9. The highest BCUT2D eigenvalue weighted by molar-refractivity contribution is 6.04. The van der Waals surface area contributed by atoms with Gasteiger partial charge in [0.2, 0.25) is 5.91 Å². The summed E-state index contributed by atoms with van der Waals surface area (Å²) in [6.45, 7) is 4.18. The lowest BCUT2D eigenvalue weighted by molar-refractivity contribution is -0.118. The van der Waals surface area contributed by atoms with Crippen LogP contribution in [0.4, 0.5) is 5.69 Å². The molecule has 1 atom stereocenters. The van der Waals surface area contributed by atoms with Crippen molar-refractivity contribution in [1.29, 1.82) is 0 Å². The Balaban J connectivity index is 2.08. The minimum absolute atomic E-state index is 0.127. The van der Waals surface area contributed by atoms with Gasteiger partial charge in [-0.05, 0) is 43.7 Å². The number of nitrogens with one attached hydrogen (secondary N) is 1. The molecular weight excluding hydrogens is 198 g/mol. The first-order valence-electron chi connectivity index (χ1n) is 6.09. The highest BCUT2D eigenvalue weighted by Gasteiger charge is 2.39. The van der Waals surface area contributed by atoms with Crippen molar-refractivity contribution >= 4 is 11.6 Å². The van der Waals surface area contributed by atoms with Crippen molar-refractivity contribution in [2.45, 2.75) is 39.0 Å². The number of amides is 1. The molecule has 84 valence electrons. The molecule has 1 aliphatic heterocycles. The molecule has 1 heterocycles. The lowest BCUT2D eigenvalue weighted by Crippen LogP contribution is -2.25. The van der Waals surface area contributed by atoms with E-state index in [9.17, 15) is 4.79 Å². The number of benzene rings is 1. The average molecular weight is 215 g/mol. The maximum Gasteiger partial charge on any atom is 0.232 e. The summed E-state index contributed by atoms with van der Waals surface area (Å²) in [5, 5.41) is 3.05. The van der Waals surface area contributed by atoms with Crippen LogP contribution in [0.1, 0.15) is 41.9 Å². The molecule has 0 radical (unpaired) electrons. The molecular formula is C14H17NO. The Morgan fingerprint density at radius 1 is 1.25 bits per heavy atom. The summed E-state index contributed by atoms with van der Waals surface area (Å²) in [7, 11) is 0. The summed E-state index contributed by atoms with van der Waals surface area (Å²) in [6.07, 6.45) is 3.71. The van der Waals surface area contributed by atoms with Crippen molar-refractivity contribution < 1.29 is 4.79 Å². The minimum Gasteiger partial charge on any atom is -0.325 e. The Bertz CT molecular complexity index is 460. The third-order valence-electron chi connectivity index (χ3n) is 4.00. The fourth-order valence-electron chi connectivity index (χ4n) is 3.00. The quantitative estimate of drug-likeness (QED) is 0.766. The molecule has 0 spiro atoms. The van der Waals surface area contributed by atoms with E-state index in [1.807, 2.05) is 0 Å². The predicted octanol–water partition coefficient (Wildman–Crippen LogP) is 3.14. The number of hydrogen-bond donors (Lipinski definition) is 1. The van der Waals surface area contributed by atoms with Gasteiger partial charge in [-0.15, -0.1) is 0 Å². The van der Waals surface area contributed by atoms with Gasteiger partial charge in [-0.25, -0.2) is 0 Å². The van der Waals surface area contributed by atoms with Crippen LogP contribution < -0.4 is 5.32 Å². The summed E-state index contributed by atoms with van der Waals surface area (Å²) in [6, 6.07) is 4.32. The van der Waals surface area contributed by atoms with E-state index in [1.165, 1.54) is 36.0 Å². The maximum atomic E-state index is 12.0. The van der Waals surface area contributed by atoms with E-state index in [-0.39, 0.29) is 11.8 Å². The van der Waals surface area contributed by atoms with Crippen LogP contribution in [0.5, 0.6) is 0 Å². The van der Waals surface area contributed by atoms with Gasteiger partial charge >= 0.3 is 0 Å². The van der Waals surface area contributed by atoms with Gasteiger partial charge in [-0.1, -0.05) is 24.1 Å². The smallest absolute Gasteiger partial charge is 0.232 e. The zero-order valence-electron chi connectivity index (χ0n) is 9.84. The number of carbonyl (C=O) groups is 1. The summed E-state index contributed by atoms with van der Waals surface area (Å²) in [5.41, 5.74) is 4.78. The topological polar surface area (TPSA) is 29.1 Å². The molecule has 2 heteroatoms. The molecule has 0 bridgehead atoms. The highest BCUT2D eigenvalue weighted by atomic mass is 16.2. The first-order chi connectivity index (χ1) is 7.66. The second-order valence-corrected chi connectivity index (χ2v) is 5.20. The van der Waals surface area contributed by atoms with Crippen molar-refractivity contribution in [2.24, 2.45) is 5.92 Å². The molecule has 2 nitrogen and oxygen atoms in total. The Morgan fingerprint density at radius 3 is 2.62 bits per heavy atom. The van der Waals surface area contributed by atoms with E-state index in [1.54, 1.807) is 0 Å². The largest absolute Gasteiger partial charge is 0.325 e.